The first-order valence-electron chi connectivity index (χ1n) is 32.5. The number of unbranched alkanes of at least 4 members (excludes halogenated alkanes) is 38. The number of carbonyl (C=O) groups excluding carboxylic acids is 1. The van der Waals surface area contributed by atoms with Gasteiger partial charge in [0.2, 0.25) is 5.91 Å². The van der Waals surface area contributed by atoms with Crippen LogP contribution in [0.3, 0.4) is 0 Å². The second kappa shape index (κ2) is 56.2. The van der Waals surface area contributed by atoms with Gasteiger partial charge in [0.05, 0.1) is 25.4 Å². The number of ether oxygens (including phenoxy) is 2. The molecule has 9 nitrogen and oxygen atoms in total. The average Bonchev–Trinajstić information content (AvgIpc) is 3.42. The highest BCUT2D eigenvalue weighted by Crippen LogP contribution is 2.23. The summed E-state index contributed by atoms with van der Waals surface area (Å²) >= 11 is 0. The lowest BCUT2D eigenvalue weighted by Gasteiger charge is -2.40. The minimum atomic E-state index is -1.57. The van der Waals surface area contributed by atoms with Crippen molar-refractivity contribution in [1.29, 1.82) is 0 Å². The molecule has 444 valence electrons. The Labute approximate surface area is 468 Å². The first-order chi connectivity index (χ1) is 37.3. The Morgan fingerprint density at radius 2 is 0.789 bits per heavy atom. The van der Waals surface area contributed by atoms with Crippen LogP contribution in [0.15, 0.2) is 60.8 Å². The zero-order valence-electron chi connectivity index (χ0n) is 49.5. The van der Waals surface area contributed by atoms with Crippen LogP contribution >= 0.6 is 0 Å². The fourth-order valence-electron chi connectivity index (χ4n) is 10.2. The van der Waals surface area contributed by atoms with Gasteiger partial charge >= 0.3 is 0 Å². The Bertz CT molecular complexity index is 1380. The number of allylic oxidation sites excluding steroid dienone is 9. The maximum Gasteiger partial charge on any atom is 0.220 e. The Hall–Kier alpha value is -2.11. The Morgan fingerprint density at radius 1 is 0.447 bits per heavy atom. The van der Waals surface area contributed by atoms with Crippen LogP contribution in [-0.2, 0) is 14.3 Å². The first-order valence-corrected chi connectivity index (χ1v) is 32.5. The maximum absolute atomic E-state index is 13.1. The molecule has 1 aliphatic heterocycles. The summed E-state index contributed by atoms with van der Waals surface area (Å²) in [6.07, 6.45) is 70.2. The number of amides is 1. The van der Waals surface area contributed by atoms with E-state index < -0.39 is 49.5 Å². The number of nitrogens with one attached hydrogen (secondary N) is 1. The quantitative estimate of drug-likeness (QED) is 0.0261. The van der Waals surface area contributed by atoms with Crippen molar-refractivity contribution in [2.24, 2.45) is 0 Å². The van der Waals surface area contributed by atoms with Crippen LogP contribution in [0.25, 0.3) is 0 Å². The normalized spacial score (nSPS) is 19.2. The molecule has 0 bridgehead atoms. The van der Waals surface area contributed by atoms with E-state index in [-0.39, 0.29) is 12.5 Å². The third kappa shape index (κ3) is 44.7. The lowest BCUT2D eigenvalue weighted by atomic mass is 9.99. The summed E-state index contributed by atoms with van der Waals surface area (Å²) in [5.41, 5.74) is 0. The fraction of sp³-hybridized carbons (Fsp3) is 0.836. The summed E-state index contributed by atoms with van der Waals surface area (Å²) in [6.45, 7) is 3.78. The van der Waals surface area contributed by atoms with Crippen LogP contribution in [0.1, 0.15) is 303 Å². The third-order valence-corrected chi connectivity index (χ3v) is 15.3. The van der Waals surface area contributed by atoms with E-state index in [0.717, 1.165) is 51.4 Å². The second-order valence-electron chi connectivity index (χ2n) is 22.5. The summed E-state index contributed by atoms with van der Waals surface area (Å²) in [4.78, 5) is 13.1. The first kappa shape index (κ1) is 71.9. The summed E-state index contributed by atoms with van der Waals surface area (Å²) < 4.78 is 11.3. The van der Waals surface area contributed by atoms with Crippen molar-refractivity contribution in [1.82, 2.24) is 5.32 Å². The molecule has 1 saturated heterocycles. The molecule has 7 atom stereocenters. The monoisotopic (exact) mass is 1070 g/mol. The molecule has 0 aromatic carbocycles. The van der Waals surface area contributed by atoms with Crippen LogP contribution in [0.4, 0.5) is 0 Å². The topological polar surface area (TPSA) is 149 Å². The van der Waals surface area contributed by atoms with E-state index in [1.165, 1.54) is 231 Å². The molecule has 9 heteroatoms. The van der Waals surface area contributed by atoms with E-state index in [4.69, 9.17) is 9.47 Å². The zero-order chi connectivity index (χ0) is 55.0. The highest BCUT2D eigenvalue weighted by Gasteiger charge is 2.44. The molecule has 7 unspecified atom stereocenters. The van der Waals surface area contributed by atoms with Crippen molar-refractivity contribution in [2.45, 2.75) is 346 Å². The Kier molecular flexibility index (Phi) is 53.1. The van der Waals surface area contributed by atoms with Gasteiger partial charge in [-0.2, -0.15) is 0 Å². The zero-order valence-corrected chi connectivity index (χ0v) is 49.5. The number of aliphatic hydroxyl groups excluding tert-OH is 5. The standard InChI is InChI=1S/C67H123NO8/c1-3-5-7-9-11-13-15-17-19-21-23-25-27-29-30-31-32-33-35-37-39-41-43-45-47-49-51-53-55-57-63(71)68-60(59-75-67-66(74)65(73)64(72)62(58-69)76-67)61(70)56-54-52-50-48-46-44-42-40-38-36-34-28-26-24-22-20-18-16-14-12-10-8-6-4-2/h15,17,21,23,27,29,46,48,54,56,60-62,64-67,69-70,72-74H,3-14,16,18-20,22,24-26,28,30-45,47,49-53,55,57-59H2,1-2H3,(H,68,71)/b17-15-,23-21-,29-27-,48-46+,56-54+. The summed E-state index contributed by atoms with van der Waals surface area (Å²) in [7, 11) is 0. The molecule has 0 aliphatic carbocycles. The molecule has 1 fully saturated rings. The van der Waals surface area contributed by atoms with Crippen molar-refractivity contribution in [3.8, 4) is 0 Å². The van der Waals surface area contributed by atoms with Crippen LogP contribution < -0.4 is 5.32 Å². The van der Waals surface area contributed by atoms with Gasteiger partial charge in [-0.25, -0.2) is 0 Å². The number of aliphatic hydroxyl groups is 5. The summed E-state index contributed by atoms with van der Waals surface area (Å²) in [6, 6.07) is -0.825. The molecular weight excluding hydrogens is 947 g/mol. The van der Waals surface area contributed by atoms with E-state index >= 15 is 0 Å². The highest BCUT2D eigenvalue weighted by molar-refractivity contribution is 5.76. The van der Waals surface area contributed by atoms with Crippen LogP contribution in [0.5, 0.6) is 0 Å². The van der Waals surface area contributed by atoms with Crippen molar-refractivity contribution in [3.63, 3.8) is 0 Å². The van der Waals surface area contributed by atoms with Crippen molar-refractivity contribution in [2.75, 3.05) is 13.2 Å². The van der Waals surface area contributed by atoms with E-state index in [2.05, 4.69) is 67.8 Å². The van der Waals surface area contributed by atoms with Crippen LogP contribution in [-0.4, -0.2) is 87.5 Å². The predicted octanol–water partition coefficient (Wildman–Crippen LogP) is 17.0. The van der Waals surface area contributed by atoms with Crippen LogP contribution in [0, 0.1) is 0 Å². The fourth-order valence-corrected chi connectivity index (χ4v) is 10.2. The van der Waals surface area contributed by atoms with Gasteiger partial charge in [0.1, 0.15) is 24.4 Å². The van der Waals surface area contributed by atoms with Gasteiger partial charge in [0, 0.05) is 6.42 Å². The van der Waals surface area contributed by atoms with E-state index in [1.807, 2.05) is 6.08 Å². The number of carbonyl (C=O) groups is 1. The van der Waals surface area contributed by atoms with Crippen molar-refractivity contribution in [3.05, 3.63) is 60.8 Å². The molecule has 1 amide bonds. The molecule has 1 rings (SSSR count). The maximum atomic E-state index is 13.1. The minimum absolute atomic E-state index is 0.185. The largest absolute Gasteiger partial charge is 0.394 e. The summed E-state index contributed by atoms with van der Waals surface area (Å²) in [5.74, 6) is -0.185. The molecule has 0 aromatic rings. The highest BCUT2D eigenvalue weighted by atomic mass is 16.7. The number of hydrogen-bond donors (Lipinski definition) is 6. The number of rotatable bonds is 56. The lowest BCUT2D eigenvalue weighted by Crippen LogP contribution is -2.60. The Balaban J connectivity index is 2.19. The van der Waals surface area contributed by atoms with E-state index in [1.54, 1.807) is 6.08 Å². The molecule has 0 spiro atoms. The van der Waals surface area contributed by atoms with Gasteiger partial charge in [-0.05, 0) is 70.6 Å². The predicted molar refractivity (Wildman–Crippen MR) is 322 cm³/mol. The molecule has 1 aliphatic rings. The molecule has 0 aromatic heterocycles. The third-order valence-electron chi connectivity index (χ3n) is 15.3. The van der Waals surface area contributed by atoms with Gasteiger partial charge in [-0.15, -0.1) is 0 Å². The van der Waals surface area contributed by atoms with Gasteiger partial charge in [-0.1, -0.05) is 286 Å². The minimum Gasteiger partial charge on any atom is -0.394 e. The van der Waals surface area contributed by atoms with Crippen LogP contribution in [0.2, 0.25) is 0 Å². The molecule has 76 heavy (non-hydrogen) atoms. The average molecular weight is 1070 g/mol. The number of hydrogen-bond acceptors (Lipinski definition) is 8. The van der Waals surface area contributed by atoms with Crippen molar-refractivity contribution < 1.29 is 39.8 Å². The smallest absolute Gasteiger partial charge is 0.220 e. The second-order valence-corrected chi connectivity index (χ2v) is 22.5. The summed E-state index contributed by atoms with van der Waals surface area (Å²) in [5, 5.41) is 54.6. The van der Waals surface area contributed by atoms with Crippen molar-refractivity contribution >= 4 is 5.91 Å². The molecular formula is C67H123NO8. The molecule has 0 radical (unpaired) electrons. The molecule has 1 heterocycles. The Morgan fingerprint density at radius 3 is 1.20 bits per heavy atom. The van der Waals surface area contributed by atoms with E-state index in [9.17, 15) is 30.3 Å². The lowest BCUT2D eigenvalue weighted by molar-refractivity contribution is -0.302. The van der Waals surface area contributed by atoms with Gasteiger partial charge < -0.3 is 40.3 Å². The van der Waals surface area contributed by atoms with Gasteiger partial charge in [0.15, 0.2) is 6.29 Å². The van der Waals surface area contributed by atoms with E-state index in [0.29, 0.717) is 6.42 Å². The van der Waals surface area contributed by atoms with Gasteiger partial charge in [-0.3, -0.25) is 4.79 Å². The molecule has 6 N–H and O–H groups in total. The SMILES string of the molecule is CCCCCCC/C=C\C/C=C\C/C=C\CCCCCCCCCCCCCCCCC(=O)NC(COC1OC(CO)C(O)C(O)C1O)C(O)/C=C/CC/C=C/CCCCCCCCCCCCCCCCCCCC. The van der Waals surface area contributed by atoms with Gasteiger partial charge in [0.25, 0.3) is 0 Å². The molecule has 0 saturated carbocycles.